The second-order valence-electron chi connectivity index (χ2n) is 5.31. The SMILES string of the molecule is CCOc1cccc(C(Cc2ccn(C(C)C)n2)NN)c1. The van der Waals surface area contributed by atoms with Gasteiger partial charge in [-0.1, -0.05) is 12.1 Å². The molecule has 0 saturated carbocycles. The number of benzene rings is 1. The van der Waals surface area contributed by atoms with E-state index in [1.54, 1.807) is 0 Å². The van der Waals surface area contributed by atoms with Gasteiger partial charge < -0.3 is 4.74 Å². The molecule has 5 heteroatoms. The predicted octanol–water partition coefficient (Wildman–Crippen LogP) is 2.61. The first-order valence-electron chi connectivity index (χ1n) is 7.37. The molecule has 0 spiro atoms. The van der Waals surface area contributed by atoms with Gasteiger partial charge in [0.1, 0.15) is 5.75 Å². The fourth-order valence-corrected chi connectivity index (χ4v) is 2.24. The second-order valence-corrected chi connectivity index (χ2v) is 5.31. The van der Waals surface area contributed by atoms with Crippen LogP contribution in [0.3, 0.4) is 0 Å². The van der Waals surface area contributed by atoms with Crippen LogP contribution in [0.2, 0.25) is 0 Å². The molecule has 0 bridgehead atoms. The van der Waals surface area contributed by atoms with Crippen LogP contribution < -0.4 is 16.0 Å². The Morgan fingerprint density at radius 3 is 2.76 bits per heavy atom. The van der Waals surface area contributed by atoms with Gasteiger partial charge in [-0.25, -0.2) is 0 Å². The molecular formula is C16H24N4O. The lowest BCUT2D eigenvalue weighted by atomic mass is 10.0. The summed E-state index contributed by atoms with van der Waals surface area (Å²) in [4.78, 5) is 0. The number of rotatable bonds is 7. The summed E-state index contributed by atoms with van der Waals surface area (Å²) in [6.07, 6.45) is 2.75. The van der Waals surface area contributed by atoms with Gasteiger partial charge in [-0.3, -0.25) is 16.0 Å². The van der Waals surface area contributed by atoms with Gasteiger partial charge in [-0.15, -0.1) is 0 Å². The number of hydrogen-bond acceptors (Lipinski definition) is 4. The largest absolute Gasteiger partial charge is 0.494 e. The Bertz CT molecular complexity index is 565. The first-order valence-corrected chi connectivity index (χ1v) is 7.37. The highest BCUT2D eigenvalue weighted by atomic mass is 16.5. The van der Waals surface area contributed by atoms with Crippen LogP contribution in [0, 0.1) is 0 Å². The van der Waals surface area contributed by atoms with E-state index in [0.29, 0.717) is 12.6 Å². The summed E-state index contributed by atoms with van der Waals surface area (Å²) in [5, 5.41) is 4.57. The van der Waals surface area contributed by atoms with Gasteiger partial charge in [0.2, 0.25) is 0 Å². The smallest absolute Gasteiger partial charge is 0.119 e. The lowest BCUT2D eigenvalue weighted by molar-refractivity contribution is 0.339. The van der Waals surface area contributed by atoms with Crippen molar-refractivity contribution in [3.63, 3.8) is 0 Å². The maximum Gasteiger partial charge on any atom is 0.119 e. The number of ether oxygens (including phenoxy) is 1. The minimum Gasteiger partial charge on any atom is -0.494 e. The molecule has 0 radical (unpaired) electrons. The molecule has 1 aromatic heterocycles. The quantitative estimate of drug-likeness (QED) is 0.607. The van der Waals surface area contributed by atoms with Crippen molar-refractivity contribution in [1.82, 2.24) is 15.2 Å². The molecule has 114 valence electrons. The lowest BCUT2D eigenvalue weighted by Crippen LogP contribution is -2.29. The van der Waals surface area contributed by atoms with Crippen molar-refractivity contribution in [3.05, 3.63) is 47.8 Å². The number of nitrogens with two attached hydrogens (primary N) is 1. The molecule has 1 heterocycles. The Morgan fingerprint density at radius 1 is 1.33 bits per heavy atom. The van der Waals surface area contributed by atoms with Crippen LogP contribution in [0.15, 0.2) is 36.5 Å². The number of hydrogen-bond donors (Lipinski definition) is 2. The van der Waals surface area contributed by atoms with Crippen molar-refractivity contribution in [2.24, 2.45) is 5.84 Å². The molecule has 5 nitrogen and oxygen atoms in total. The van der Waals surface area contributed by atoms with E-state index in [4.69, 9.17) is 10.6 Å². The van der Waals surface area contributed by atoms with Gasteiger partial charge in [0.25, 0.3) is 0 Å². The van der Waals surface area contributed by atoms with Crippen LogP contribution in [0.25, 0.3) is 0 Å². The van der Waals surface area contributed by atoms with Crippen LogP contribution in [0.4, 0.5) is 0 Å². The number of hydrazine groups is 1. The van der Waals surface area contributed by atoms with E-state index in [0.717, 1.165) is 23.4 Å². The van der Waals surface area contributed by atoms with Crippen LogP contribution in [-0.4, -0.2) is 16.4 Å². The molecule has 0 fully saturated rings. The predicted molar refractivity (Wildman–Crippen MR) is 84.0 cm³/mol. The molecule has 21 heavy (non-hydrogen) atoms. The number of nitrogens with zero attached hydrogens (tertiary/aromatic N) is 2. The molecule has 0 aliphatic carbocycles. The zero-order valence-corrected chi connectivity index (χ0v) is 12.9. The normalized spacial score (nSPS) is 12.6. The van der Waals surface area contributed by atoms with Crippen molar-refractivity contribution in [3.8, 4) is 5.75 Å². The van der Waals surface area contributed by atoms with Crippen LogP contribution in [-0.2, 0) is 6.42 Å². The molecule has 1 unspecified atom stereocenters. The Morgan fingerprint density at radius 2 is 2.14 bits per heavy atom. The lowest BCUT2D eigenvalue weighted by Gasteiger charge is -2.16. The van der Waals surface area contributed by atoms with Crippen molar-refractivity contribution in [1.29, 1.82) is 0 Å². The van der Waals surface area contributed by atoms with Crippen LogP contribution >= 0.6 is 0 Å². The summed E-state index contributed by atoms with van der Waals surface area (Å²) in [6.45, 7) is 6.86. The fourth-order valence-electron chi connectivity index (χ4n) is 2.24. The summed E-state index contributed by atoms with van der Waals surface area (Å²) in [6, 6.07) is 10.4. The summed E-state index contributed by atoms with van der Waals surface area (Å²) < 4.78 is 7.50. The van der Waals surface area contributed by atoms with Gasteiger partial charge in [0.05, 0.1) is 18.3 Å². The van der Waals surface area contributed by atoms with E-state index in [1.165, 1.54) is 0 Å². The van der Waals surface area contributed by atoms with Gasteiger partial charge in [0.15, 0.2) is 0 Å². The van der Waals surface area contributed by atoms with E-state index < -0.39 is 0 Å². The van der Waals surface area contributed by atoms with Crippen molar-refractivity contribution in [2.75, 3.05) is 6.61 Å². The number of aromatic nitrogens is 2. The van der Waals surface area contributed by atoms with E-state index in [1.807, 2.05) is 48.1 Å². The standard InChI is InChI=1S/C16H24N4O/c1-4-21-15-7-5-6-13(10-15)16(18-17)11-14-8-9-20(19-14)12(2)3/h5-10,12,16,18H,4,11,17H2,1-3H3. The highest BCUT2D eigenvalue weighted by molar-refractivity contribution is 5.31. The van der Waals surface area contributed by atoms with E-state index >= 15 is 0 Å². The molecule has 1 aromatic carbocycles. The van der Waals surface area contributed by atoms with Gasteiger partial charge in [-0.05, 0) is 44.5 Å². The summed E-state index contributed by atoms with van der Waals surface area (Å²) in [5.74, 6) is 6.58. The zero-order chi connectivity index (χ0) is 15.2. The Kier molecular flexibility index (Phi) is 5.36. The summed E-state index contributed by atoms with van der Waals surface area (Å²) in [7, 11) is 0. The van der Waals surface area contributed by atoms with Gasteiger partial charge in [0, 0.05) is 18.7 Å². The molecule has 0 aliphatic heterocycles. The first-order chi connectivity index (χ1) is 10.1. The fraction of sp³-hybridized carbons (Fsp3) is 0.438. The zero-order valence-electron chi connectivity index (χ0n) is 12.9. The van der Waals surface area contributed by atoms with Crippen molar-refractivity contribution in [2.45, 2.75) is 39.3 Å². The monoisotopic (exact) mass is 288 g/mol. The molecular weight excluding hydrogens is 264 g/mol. The molecule has 0 aliphatic rings. The average molecular weight is 288 g/mol. The van der Waals surface area contributed by atoms with Crippen molar-refractivity contribution < 1.29 is 4.74 Å². The maximum absolute atomic E-state index is 5.72. The minimum atomic E-state index is 0.0147. The third-order valence-electron chi connectivity index (χ3n) is 3.38. The molecule has 2 aromatic rings. The topological polar surface area (TPSA) is 65.1 Å². The second kappa shape index (κ2) is 7.24. The molecule has 3 N–H and O–H groups in total. The molecule has 0 amide bonds. The Hall–Kier alpha value is -1.85. The summed E-state index contributed by atoms with van der Waals surface area (Å²) >= 11 is 0. The van der Waals surface area contributed by atoms with Crippen LogP contribution in [0.5, 0.6) is 5.75 Å². The highest BCUT2D eigenvalue weighted by Gasteiger charge is 2.13. The summed E-state index contributed by atoms with van der Waals surface area (Å²) in [5.41, 5.74) is 4.99. The maximum atomic E-state index is 5.72. The van der Waals surface area contributed by atoms with Gasteiger partial charge in [-0.2, -0.15) is 5.10 Å². The molecule has 2 rings (SSSR count). The van der Waals surface area contributed by atoms with Gasteiger partial charge >= 0.3 is 0 Å². The third-order valence-corrected chi connectivity index (χ3v) is 3.38. The Balaban J connectivity index is 2.13. The molecule has 0 saturated heterocycles. The van der Waals surface area contributed by atoms with E-state index in [-0.39, 0.29) is 6.04 Å². The number of nitrogens with one attached hydrogen (secondary N) is 1. The minimum absolute atomic E-state index is 0.0147. The Labute approximate surface area is 126 Å². The van der Waals surface area contributed by atoms with E-state index in [2.05, 4.69) is 24.4 Å². The van der Waals surface area contributed by atoms with E-state index in [9.17, 15) is 0 Å². The average Bonchev–Trinajstić information content (AvgIpc) is 2.94. The van der Waals surface area contributed by atoms with Crippen LogP contribution in [0.1, 0.15) is 44.1 Å². The first kappa shape index (κ1) is 15.5. The third kappa shape index (κ3) is 4.06. The molecule has 1 atom stereocenters. The van der Waals surface area contributed by atoms with Crippen molar-refractivity contribution >= 4 is 0 Å². The highest BCUT2D eigenvalue weighted by Crippen LogP contribution is 2.22.